The van der Waals surface area contributed by atoms with Gasteiger partial charge in [-0.1, -0.05) is 48.6 Å². The summed E-state index contributed by atoms with van der Waals surface area (Å²) in [5.74, 6) is 0.735. The Morgan fingerprint density at radius 3 is 2.04 bits per heavy atom. The number of hydrogen-bond acceptors (Lipinski definition) is 5. The number of aryl methyl sites for hydroxylation is 1. The van der Waals surface area contributed by atoms with Gasteiger partial charge in [0.05, 0.1) is 11.7 Å². The molecule has 1 unspecified atom stereocenters. The van der Waals surface area contributed by atoms with Crippen LogP contribution < -0.4 is 5.32 Å². The summed E-state index contributed by atoms with van der Waals surface area (Å²) in [6.45, 7) is 30.0. The fraction of sp³-hybridized carbons (Fsp3) is 0.522. The number of nitrogens with one attached hydrogen (secondary N) is 2. The number of likely N-dealkylation sites (tertiary alicyclic amines) is 3. The van der Waals surface area contributed by atoms with E-state index in [0.717, 1.165) is 64.7 Å². The maximum absolute atomic E-state index is 14.3. The quantitative estimate of drug-likeness (QED) is 0.136. The number of hydrogen-bond donors (Lipinski definition) is 2. The number of Topliss-reactive ketones (excluding diaryl/α,β-unsaturated/α-hetero) is 1. The van der Waals surface area contributed by atoms with Gasteiger partial charge in [0, 0.05) is 44.0 Å². The SMILES string of the molecule is C=C/C(C)=C(C=C)/C=C(\C(C)=O)C1CCN(C(=O)NC(Cc2cc(C)c3[nH]ncc3c2)C(=O)N2CCC(N3CCC(C(C)=C(C)C)CC3)CC2)CC1.C=CC. The molecular formula is C46H66N6O3. The molecule has 1 atom stereocenters. The lowest BCUT2D eigenvalue weighted by atomic mass is 9.85. The van der Waals surface area contributed by atoms with Crippen LogP contribution in [0, 0.1) is 18.8 Å². The van der Waals surface area contributed by atoms with Crippen molar-refractivity contribution in [2.45, 2.75) is 105 Å². The number of amides is 3. The third kappa shape index (κ3) is 11.3. The number of aromatic amines is 1. The Bertz CT molecular complexity index is 1790. The molecule has 0 bridgehead atoms. The maximum Gasteiger partial charge on any atom is 0.318 e. The molecule has 3 amide bonds. The maximum atomic E-state index is 14.3. The topological polar surface area (TPSA) is 102 Å². The summed E-state index contributed by atoms with van der Waals surface area (Å²) in [6.07, 6.45) is 15.1. The number of nitrogens with zero attached hydrogens (tertiary/aromatic N) is 4. The lowest BCUT2D eigenvalue weighted by Gasteiger charge is -2.43. The first-order valence-electron chi connectivity index (χ1n) is 20.2. The van der Waals surface area contributed by atoms with Gasteiger partial charge >= 0.3 is 6.03 Å². The molecule has 0 saturated carbocycles. The van der Waals surface area contributed by atoms with Crippen LogP contribution in [0.3, 0.4) is 0 Å². The van der Waals surface area contributed by atoms with Crippen LogP contribution in [0.15, 0.2) is 90.2 Å². The summed E-state index contributed by atoms with van der Waals surface area (Å²) >= 11 is 0. The van der Waals surface area contributed by atoms with Crippen molar-refractivity contribution >= 4 is 28.6 Å². The molecule has 3 aliphatic rings. The molecule has 0 radical (unpaired) electrons. The molecule has 1 aromatic heterocycles. The summed E-state index contributed by atoms with van der Waals surface area (Å²) in [4.78, 5) is 47.3. The number of urea groups is 1. The molecule has 1 aromatic carbocycles. The number of aromatic nitrogens is 2. The van der Waals surface area contributed by atoms with Crippen LogP contribution in [0.5, 0.6) is 0 Å². The van der Waals surface area contributed by atoms with Crippen molar-refractivity contribution in [3.63, 3.8) is 0 Å². The van der Waals surface area contributed by atoms with Crippen molar-refractivity contribution < 1.29 is 14.4 Å². The number of rotatable bonds is 11. The van der Waals surface area contributed by atoms with Crippen LogP contribution in [0.1, 0.15) is 91.2 Å². The van der Waals surface area contributed by atoms with Crippen molar-refractivity contribution in [1.29, 1.82) is 0 Å². The van der Waals surface area contributed by atoms with E-state index in [4.69, 9.17) is 0 Å². The number of piperidine rings is 3. The van der Waals surface area contributed by atoms with Crippen molar-refractivity contribution in [1.82, 2.24) is 30.2 Å². The first-order valence-corrected chi connectivity index (χ1v) is 20.2. The van der Waals surface area contributed by atoms with Gasteiger partial charge in [0.15, 0.2) is 5.78 Å². The van der Waals surface area contributed by atoms with Gasteiger partial charge in [-0.15, -0.1) is 6.58 Å². The van der Waals surface area contributed by atoms with E-state index in [1.54, 1.807) is 41.8 Å². The average molecular weight is 751 g/mol. The molecule has 9 nitrogen and oxygen atoms in total. The molecule has 3 saturated heterocycles. The zero-order valence-corrected chi connectivity index (χ0v) is 34.7. The highest BCUT2D eigenvalue weighted by Crippen LogP contribution is 2.31. The van der Waals surface area contributed by atoms with Crippen LogP contribution in [-0.4, -0.2) is 94.0 Å². The summed E-state index contributed by atoms with van der Waals surface area (Å²) in [5.41, 5.74) is 8.62. The highest BCUT2D eigenvalue weighted by atomic mass is 16.2. The Morgan fingerprint density at radius 1 is 0.873 bits per heavy atom. The summed E-state index contributed by atoms with van der Waals surface area (Å²) in [7, 11) is 0. The number of allylic oxidation sites excluding steroid dienone is 9. The molecule has 298 valence electrons. The van der Waals surface area contributed by atoms with Gasteiger partial charge in [0.25, 0.3) is 0 Å². The van der Waals surface area contributed by atoms with Crippen molar-refractivity contribution in [3.8, 4) is 0 Å². The Balaban J connectivity index is 0.00000217. The fourth-order valence-corrected chi connectivity index (χ4v) is 8.40. The van der Waals surface area contributed by atoms with Crippen LogP contribution >= 0.6 is 0 Å². The van der Waals surface area contributed by atoms with E-state index in [2.05, 4.69) is 73.1 Å². The Morgan fingerprint density at radius 2 is 1.47 bits per heavy atom. The van der Waals surface area contributed by atoms with Crippen LogP contribution in [0.4, 0.5) is 4.79 Å². The van der Waals surface area contributed by atoms with E-state index in [1.165, 1.54) is 18.4 Å². The van der Waals surface area contributed by atoms with Crippen molar-refractivity contribution in [2.24, 2.45) is 11.8 Å². The van der Waals surface area contributed by atoms with Gasteiger partial charge in [-0.25, -0.2) is 4.79 Å². The summed E-state index contributed by atoms with van der Waals surface area (Å²) in [6, 6.07) is 3.71. The predicted octanol–water partition coefficient (Wildman–Crippen LogP) is 8.66. The smallest absolute Gasteiger partial charge is 0.318 e. The van der Waals surface area contributed by atoms with Gasteiger partial charge < -0.3 is 20.0 Å². The molecular weight excluding hydrogens is 685 g/mol. The second-order valence-corrected chi connectivity index (χ2v) is 15.9. The van der Waals surface area contributed by atoms with Crippen LogP contribution in [-0.2, 0) is 16.0 Å². The van der Waals surface area contributed by atoms with E-state index in [1.807, 2.05) is 31.7 Å². The highest BCUT2D eigenvalue weighted by Gasteiger charge is 2.35. The standard InChI is InChI=1S/C43H60N6O3.C3H6/c1-9-29(5)34(10-2)26-39(32(8)50)36-13-19-49(20-14-36)43(52)45-40(25-33-23-30(6)41-37(24-33)27-44-46-41)42(51)48-21-15-38(16-22-48)47-17-11-35(12-18-47)31(7)28(3)4;1-3-2/h9-10,23-24,26-27,35-36,38,40H,1-2,11-22,25H2,3-8H3,(H,44,46)(H,45,52);3H,1H2,2H3/b34-29+,39-26+;. The zero-order chi connectivity index (χ0) is 40.2. The van der Waals surface area contributed by atoms with Crippen molar-refractivity contribution in [2.75, 3.05) is 39.3 Å². The number of carbonyl (C=O) groups is 3. The molecule has 5 rings (SSSR count). The Hall–Kier alpha value is -4.50. The van der Waals surface area contributed by atoms with Gasteiger partial charge in [0.1, 0.15) is 6.04 Å². The third-order valence-corrected chi connectivity index (χ3v) is 12.0. The number of fused-ring (bicyclic) bond motifs is 1. The predicted molar refractivity (Wildman–Crippen MR) is 227 cm³/mol. The fourth-order valence-electron chi connectivity index (χ4n) is 8.40. The average Bonchev–Trinajstić information content (AvgIpc) is 3.67. The molecule has 0 spiro atoms. The van der Waals surface area contributed by atoms with E-state index in [0.29, 0.717) is 57.4 Å². The largest absolute Gasteiger partial charge is 0.341 e. The minimum absolute atomic E-state index is 0.0207. The normalized spacial score (nSPS) is 18.8. The highest BCUT2D eigenvalue weighted by molar-refractivity contribution is 5.94. The lowest BCUT2D eigenvalue weighted by Crippen LogP contribution is -2.56. The van der Waals surface area contributed by atoms with E-state index >= 15 is 0 Å². The second-order valence-electron chi connectivity index (χ2n) is 15.9. The monoisotopic (exact) mass is 751 g/mol. The van der Waals surface area contributed by atoms with Crippen LogP contribution in [0.2, 0.25) is 0 Å². The minimum atomic E-state index is -0.692. The molecule has 55 heavy (non-hydrogen) atoms. The van der Waals surface area contributed by atoms with Gasteiger partial charge in [-0.05, 0) is 152 Å². The van der Waals surface area contributed by atoms with E-state index in [9.17, 15) is 14.4 Å². The number of H-pyrrole nitrogens is 1. The second kappa shape index (κ2) is 20.4. The third-order valence-electron chi connectivity index (χ3n) is 12.0. The summed E-state index contributed by atoms with van der Waals surface area (Å²) < 4.78 is 0. The van der Waals surface area contributed by atoms with E-state index in [-0.39, 0.29) is 23.6 Å². The van der Waals surface area contributed by atoms with Gasteiger partial charge in [-0.3, -0.25) is 14.7 Å². The minimum Gasteiger partial charge on any atom is -0.341 e. The Kier molecular flexibility index (Phi) is 16.1. The van der Waals surface area contributed by atoms with Gasteiger partial charge in [-0.2, -0.15) is 5.10 Å². The first-order chi connectivity index (χ1) is 26.3. The number of benzene rings is 1. The molecule has 9 heteroatoms. The van der Waals surface area contributed by atoms with E-state index < -0.39 is 6.04 Å². The number of carbonyl (C=O) groups excluding carboxylic acids is 3. The van der Waals surface area contributed by atoms with Crippen molar-refractivity contribution in [3.05, 3.63) is 101 Å². The van der Waals surface area contributed by atoms with Gasteiger partial charge in [0.2, 0.25) is 5.91 Å². The molecule has 2 N–H and O–H groups in total. The summed E-state index contributed by atoms with van der Waals surface area (Å²) in [5, 5.41) is 11.4. The molecule has 3 fully saturated rings. The first kappa shape index (κ1) is 43.2. The Labute approximate surface area is 330 Å². The van der Waals surface area contributed by atoms with Crippen LogP contribution in [0.25, 0.3) is 10.9 Å². The molecule has 3 aliphatic heterocycles. The lowest BCUT2D eigenvalue weighted by molar-refractivity contribution is -0.135. The molecule has 0 aliphatic carbocycles. The molecule has 2 aromatic rings. The zero-order valence-electron chi connectivity index (χ0n) is 34.7. The number of ketones is 1. The molecule has 4 heterocycles.